The zero-order valence-electron chi connectivity index (χ0n) is 18.4. The van der Waals surface area contributed by atoms with E-state index in [4.69, 9.17) is 4.74 Å². The Labute approximate surface area is 180 Å². The molecule has 0 saturated carbocycles. The Morgan fingerprint density at radius 2 is 1.87 bits per heavy atom. The van der Waals surface area contributed by atoms with Crippen LogP contribution in [0.15, 0.2) is 29.2 Å². The van der Waals surface area contributed by atoms with E-state index < -0.39 is 22.7 Å². The van der Waals surface area contributed by atoms with Gasteiger partial charge in [0.1, 0.15) is 11.0 Å². The fourth-order valence-electron chi connectivity index (χ4n) is 3.37. The minimum atomic E-state index is -4.47. The van der Waals surface area contributed by atoms with Gasteiger partial charge < -0.3 is 4.74 Å². The second-order valence-corrected chi connectivity index (χ2v) is 8.43. The molecule has 9 heteroatoms. The molecule has 0 amide bonds. The van der Waals surface area contributed by atoms with Crippen LogP contribution < -0.4 is 0 Å². The van der Waals surface area contributed by atoms with Gasteiger partial charge in [0.05, 0.1) is 23.6 Å². The van der Waals surface area contributed by atoms with Crippen molar-refractivity contribution < 1.29 is 26.9 Å². The molecule has 30 heavy (non-hydrogen) atoms. The number of halogens is 3. The molecule has 172 valence electrons. The average Bonchev–Trinajstić information content (AvgIpc) is 2.70. The molecule has 1 fully saturated rings. The van der Waals surface area contributed by atoms with Gasteiger partial charge in [-0.2, -0.15) is 13.2 Å². The monoisotopic (exact) mass is 450 g/mol. The van der Waals surface area contributed by atoms with Crippen LogP contribution in [-0.4, -0.2) is 57.7 Å². The molecule has 0 aromatic heterocycles. The highest BCUT2D eigenvalue weighted by atomic mass is 32.2. The van der Waals surface area contributed by atoms with Crippen molar-refractivity contribution in [1.82, 2.24) is 9.21 Å². The SMILES string of the molecule is CC.CCOC(=O)CN1CCC(N(C(C)C)S(=O)c2cccc(C(F)(F)F)c2)CC1. The Morgan fingerprint density at radius 1 is 1.27 bits per heavy atom. The van der Waals surface area contributed by atoms with Gasteiger partial charge in [0.2, 0.25) is 0 Å². The number of benzene rings is 1. The highest BCUT2D eigenvalue weighted by Gasteiger charge is 2.34. The number of likely N-dealkylation sites (tertiary alicyclic amines) is 1. The molecule has 0 radical (unpaired) electrons. The van der Waals surface area contributed by atoms with Crippen molar-refractivity contribution in [2.24, 2.45) is 0 Å². The Bertz CT molecular complexity index is 690. The number of alkyl halides is 3. The first-order chi connectivity index (χ1) is 14.1. The lowest BCUT2D eigenvalue weighted by Gasteiger charge is -2.39. The number of ether oxygens (including phenoxy) is 1. The Kier molecular flexibility index (Phi) is 11.0. The number of carbonyl (C=O) groups is 1. The van der Waals surface area contributed by atoms with E-state index in [9.17, 15) is 22.2 Å². The van der Waals surface area contributed by atoms with E-state index in [1.54, 1.807) is 11.2 Å². The third kappa shape index (κ3) is 7.67. The van der Waals surface area contributed by atoms with Crippen molar-refractivity contribution in [1.29, 1.82) is 0 Å². The van der Waals surface area contributed by atoms with E-state index in [0.29, 0.717) is 32.5 Å². The molecule has 0 spiro atoms. The zero-order chi connectivity index (χ0) is 22.9. The van der Waals surface area contributed by atoms with Crippen LogP contribution in [0.1, 0.15) is 53.0 Å². The van der Waals surface area contributed by atoms with Crippen molar-refractivity contribution in [2.75, 3.05) is 26.2 Å². The van der Waals surface area contributed by atoms with Crippen molar-refractivity contribution in [3.63, 3.8) is 0 Å². The quantitative estimate of drug-likeness (QED) is 0.575. The lowest BCUT2D eigenvalue weighted by molar-refractivity contribution is -0.144. The topological polar surface area (TPSA) is 49.9 Å². The molecule has 0 bridgehead atoms. The maximum absolute atomic E-state index is 13.1. The summed E-state index contributed by atoms with van der Waals surface area (Å²) in [6.45, 7) is 11.4. The highest BCUT2D eigenvalue weighted by Crippen LogP contribution is 2.31. The van der Waals surface area contributed by atoms with Crippen LogP contribution >= 0.6 is 0 Å². The number of carbonyl (C=O) groups excluding carboxylic acids is 1. The Morgan fingerprint density at radius 3 is 2.37 bits per heavy atom. The summed E-state index contributed by atoms with van der Waals surface area (Å²) in [4.78, 5) is 13.8. The van der Waals surface area contributed by atoms with Gasteiger partial charge in [0, 0.05) is 25.2 Å². The number of esters is 1. The Balaban J connectivity index is 0.00000218. The van der Waals surface area contributed by atoms with Crippen LogP contribution in [-0.2, 0) is 26.7 Å². The first-order valence-corrected chi connectivity index (χ1v) is 11.5. The van der Waals surface area contributed by atoms with E-state index >= 15 is 0 Å². The number of piperidine rings is 1. The maximum atomic E-state index is 13.1. The molecule has 1 aliphatic heterocycles. The molecule has 1 aromatic carbocycles. The summed E-state index contributed by atoms with van der Waals surface area (Å²) in [5.74, 6) is -0.269. The van der Waals surface area contributed by atoms with E-state index in [1.165, 1.54) is 12.1 Å². The van der Waals surface area contributed by atoms with E-state index in [1.807, 2.05) is 32.6 Å². The van der Waals surface area contributed by atoms with Crippen LogP contribution in [0.4, 0.5) is 13.2 Å². The molecule has 5 nitrogen and oxygen atoms in total. The van der Waals surface area contributed by atoms with Crippen molar-refractivity contribution in [3.05, 3.63) is 29.8 Å². The molecular formula is C21H33F3N2O3S. The van der Waals surface area contributed by atoms with Crippen LogP contribution in [0, 0.1) is 0 Å². The number of hydrogen-bond acceptors (Lipinski definition) is 4. The average molecular weight is 451 g/mol. The van der Waals surface area contributed by atoms with E-state index in [2.05, 4.69) is 0 Å². The van der Waals surface area contributed by atoms with Gasteiger partial charge >= 0.3 is 12.1 Å². The predicted molar refractivity (Wildman–Crippen MR) is 112 cm³/mol. The fraction of sp³-hybridized carbons (Fsp3) is 0.667. The second kappa shape index (κ2) is 12.4. The summed E-state index contributed by atoms with van der Waals surface area (Å²) in [6, 6.07) is 4.56. The lowest BCUT2D eigenvalue weighted by atomic mass is 10.0. The molecule has 1 atom stereocenters. The number of rotatable bonds is 7. The summed E-state index contributed by atoms with van der Waals surface area (Å²) in [5.41, 5.74) is -0.800. The van der Waals surface area contributed by atoms with Crippen molar-refractivity contribution >= 4 is 17.0 Å². The van der Waals surface area contributed by atoms with Gasteiger partial charge in [-0.15, -0.1) is 0 Å². The molecule has 1 heterocycles. The largest absolute Gasteiger partial charge is 0.465 e. The van der Waals surface area contributed by atoms with Gasteiger partial charge in [-0.1, -0.05) is 19.9 Å². The number of nitrogens with zero attached hydrogens (tertiary/aromatic N) is 2. The van der Waals surface area contributed by atoms with Crippen LogP contribution in [0.2, 0.25) is 0 Å². The van der Waals surface area contributed by atoms with E-state index in [-0.39, 0.29) is 29.5 Å². The summed E-state index contributed by atoms with van der Waals surface area (Å²) >= 11 is 0. The molecule has 1 unspecified atom stereocenters. The van der Waals surface area contributed by atoms with Gasteiger partial charge in [-0.25, -0.2) is 8.51 Å². The standard InChI is InChI=1S/C19H27F3N2O3S.C2H6/c1-4-27-18(25)13-23-10-8-16(9-11-23)24(14(2)3)28(26)17-7-5-6-15(12-17)19(20,21)22;1-2/h5-7,12,14,16H,4,8-11,13H2,1-3H3;1-2H3. The summed E-state index contributed by atoms with van der Waals surface area (Å²) in [5, 5.41) is 0. The summed E-state index contributed by atoms with van der Waals surface area (Å²) in [6.07, 6.45) is -3.11. The number of hydrogen-bond donors (Lipinski definition) is 0. The molecule has 1 aliphatic rings. The van der Waals surface area contributed by atoms with Gasteiger partial charge in [-0.3, -0.25) is 9.69 Å². The molecule has 1 aromatic rings. The van der Waals surface area contributed by atoms with Crippen LogP contribution in [0.5, 0.6) is 0 Å². The van der Waals surface area contributed by atoms with Crippen molar-refractivity contribution in [3.8, 4) is 0 Å². The third-order valence-electron chi connectivity index (χ3n) is 4.64. The smallest absolute Gasteiger partial charge is 0.416 e. The fourth-order valence-corrected chi connectivity index (χ4v) is 4.90. The van der Waals surface area contributed by atoms with Crippen LogP contribution in [0.25, 0.3) is 0 Å². The molecule has 0 N–H and O–H groups in total. The minimum Gasteiger partial charge on any atom is -0.465 e. The molecule has 2 rings (SSSR count). The first-order valence-electron chi connectivity index (χ1n) is 10.4. The maximum Gasteiger partial charge on any atom is 0.416 e. The van der Waals surface area contributed by atoms with Crippen LogP contribution in [0.3, 0.4) is 0 Å². The Hall–Kier alpha value is -1.45. The lowest BCUT2D eigenvalue weighted by Crippen LogP contribution is -2.49. The predicted octanol–water partition coefficient (Wildman–Crippen LogP) is 4.49. The highest BCUT2D eigenvalue weighted by molar-refractivity contribution is 7.82. The first kappa shape index (κ1) is 26.6. The minimum absolute atomic E-state index is 0.0335. The summed E-state index contributed by atoms with van der Waals surface area (Å²) < 4.78 is 58.8. The second-order valence-electron chi connectivity index (χ2n) is 7.04. The van der Waals surface area contributed by atoms with Gasteiger partial charge in [-0.05, 0) is 51.8 Å². The van der Waals surface area contributed by atoms with Gasteiger partial charge in [0.25, 0.3) is 0 Å². The van der Waals surface area contributed by atoms with Gasteiger partial charge in [0.15, 0.2) is 0 Å². The molecule has 1 saturated heterocycles. The molecular weight excluding hydrogens is 417 g/mol. The zero-order valence-corrected chi connectivity index (χ0v) is 19.2. The third-order valence-corrected chi connectivity index (χ3v) is 6.40. The van der Waals surface area contributed by atoms with Crippen molar-refractivity contribution in [2.45, 2.75) is 70.6 Å². The normalized spacial score (nSPS) is 16.9. The molecule has 0 aliphatic carbocycles. The van der Waals surface area contributed by atoms with E-state index in [0.717, 1.165) is 12.1 Å². The summed E-state index contributed by atoms with van der Waals surface area (Å²) in [7, 11) is -1.70.